The number of primary amides is 1. The zero-order valence-electron chi connectivity index (χ0n) is 6.40. The average molecular weight is 296 g/mol. The molecule has 12 heavy (non-hydrogen) atoms. The van der Waals surface area contributed by atoms with E-state index in [1.54, 1.807) is 0 Å². The van der Waals surface area contributed by atoms with Crippen LogP contribution in [0.4, 0.5) is 0 Å². The van der Waals surface area contributed by atoms with E-state index < -0.39 is 5.91 Å². The Bertz CT molecular complexity index is 338. The van der Waals surface area contributed by atoms with Crippen LogP contribution in [0.2, 0.25) is 5.02 Å². The molecule has 0 saturated heterocycles. The van der Waals surface area contributed by atoms with Crippen LogP contribution in [0.1, 0.15) is 15.9 Å². The number of hydrogen-bond acceptors (Lipinski definition) is 1. The minimum absolute atomic E-state index is 0.414. The van der Waals surface area contributed by atoms with Gasteiger partial charge in [0.15, 0.2) is 0 Å². The Kier molecular flexibility index (Phi) is 2.95. The molecule has 0 unspecified atom stereocenters. The molecule has 4 heteroatoms. The van der Waals surface area contributed by atoms with E-state index in [1.807, 2.05) is 41.6 Å². The molecule has 0 aliphatic rings. The second-order valence-corrected chi connectivity index (χ2v) is 3.96. The lowest BCUT2D eigenvalue weighted by molar-refractivity contribution is 0.0999. The molecule has 1 rings (SSSR count). The Balaban J connectivity index is 3.43. The molecular weight excluding hydrogens is 288 g/mol. The van der Waals surface area contributed by atoms with Gasteiger partial charge in [-0.2, -0.15) is 0 Å². The number of carbonyl (C=O) groups is 1. The first-order valence-electron chi connectivity index (χ1n) is 3.28. The zero-order chi connectivity index (χ0) is 9.30. The van der Waals surface area contributed by atoms with Crippen LogP contribution in [0.3, 0.4) is 0 Å². The summed E-state index contributed by atoms with van der Waals surface area (Å²) in [4.78, 5) is 10.9. The minimum Gasteiger partial charge on any atom is -0.366 e. The third kappa shape index (κ3) is 1.72. The molecular formula is C8H7ClINO. The highest BCUT2D eigenvalue weighted by molar-refractivity contribution is 14.1. The molecule has 0 fully saturated rings. The maximum Gasteiger partial charge on any atom is 0.251 e. The molecule has 0 radical (unpaired) electrons. The third-order valence-corrected chi connectivity index (χ3v) is 2.92. The number of hydrogen-bond donors (Lipinski definition) is 1. The van der Waals surface area contributed by atoms with Gasteiger partial charge in [-0.25, -0.2) is 0 Å². The molecule has 0 atom stereocenters. The summed E-state index contributed by atoms with van der Waals surface area (Å²) in [5.41, 5.74) is 6.44. The predicted octanol–water partition coefficient (Wildman–Crippen LogP) is 2.35. The van der Waals surface area contributed by atoms with Crippen LogP contribution in [-0.4, -0.2) is 5.91 Å². The smallest absolute Gasteiger partial charge is 0.251 e. The molecule has 0 aliphatic heterocycles. The molecule has 64 valence electrons. The molecule has 0 spiro atoms. The predicted molar refractivity (Wildman–Crippen MR) is 57.4 cm³/mol. The maximum atomic E-state index is 10.9. The molecule has 0 heterocycles. The normalized spacial score (nSPS) is 9.92. The van der Waals surface area contributed by atoms with Crippen molar-refractivity contribution >= 4 is 40.1 Å². The topological polar surface area (TPSA) is 43.1 Å². The van der Waals surface area contributed by atoms with Crippen molar-refractivity contribution in [2.24, 2.45) is 5.73 Å². The van der Waals surface area contributed by atoms with E-state index in [4.69, 9.17) is 17.3 Å². The number of amides is 1. The number of nitrogens with two attached hydrogens (primary N) is 1. The van der Waals surface area contributed by atoms with Crippen molar-refractivity contribution in [1.29, 1.82) is 0 Å². The van der Waals surface area contributed by atoms with Crippen molar-refractivity contribution in [3.63, 3.8) is 0 Å². The molecule has 1 aromatic carbocycles. The molecule has 0 bridgehead atoms. The van der Waals surface area contributed by atoms with Gasteiger partial charge in [-0.1, -0.05) is 17.7 Å². The van der Waals surface area contributed by atoms with Crippen LogP contribution in [-0.2, 0) is 0 Å². The average Bonchev–Trinajstić information content (AvgIpc) is 1.97. The number of aryl methyl sites for hydroxylation is 1. The largest absolute Gasteiger partial charge is 0.366 e. The number of carbonyl (C=O) groups excluding carboxylic acids is 1. The first-order valence-corrected chi connectivity index (χ1v) is 4.74. The van der Waals surface area contributed by atoms with Gasteiger partial charge in [-0.15, -0.1) is 0 Å². The molecule has 0 saturated carbocycles. The van der Waals surface area contributed by atoms with Crippen LogP contribution < -0.4 is 5.73 Å². The van der Waals surface area contributed by atoms with E-state index in [0.717, 1.165) is 9.13 Å². The Labute approximate surface area is 89.2 Å². The SMILES string of the molecule is Cc1ccc(I)c(C(N)=O)c1Cl. The van der Waals surface area contributed by atoms with Crippen molar-refractivity contribution in [3.8, 4) is 0 Å². The van der Waals surface area contributed by atoms with Gasteiger partial charge in [0.1, 0.15) is 0 Å². The zero-order valence-corrected chi connectivity index (χ0v) is 9.31. The van der Waals surface area contributed by atoms with Crippen molar-refractivity contribution in [2.75, 3.05) is 0 Å². The van der Waals surface area contributed by atoms with Gasteiger partial charge in [0.2, 0.25) is 0 Å². The molecule has 1 amide bonds. The van der Waals surface area contributed by atoms with Crippen LogP contribution in [0.15, 0.2) is 12.1 Å². The fourth-order valence-electron chi connectivity index (χ4n) is 0.883. The van der Waals surface area contributed by atoms with E-state index in [1.165, 1.54) is 0 Å². The standard InChI is InChI=1S/C8H7ClINO/c1-4-2-3-5(10)6(7(4)9)8(11)12/h2-3H,1H3,(H2,11,12). The third-order valence-electron chi connectivity index (χ3n) is 1.53. The van der Waals surface area contributed by atoms with Gasteiger partial charge in [0, 0.05) is 3.57 Å². The maximum absolute atomic E-state index is 10.9. The number of rotatable bonds is 1. The van der Waals surface area contributed by atoms with E-state index >= 15 is 0 Å². The Morgan fingerprint density at radius 3 is 2.58 bits per heavy atom. The number of benzene rings is 1. The highest BCUT2D eigenvalue weighted by Gasteiger charge is 2.12. The van der Waals surface area contributed by atoms with Crippen molar-refractivity contribution in [3.05, 3.63) is 31.9 Å². The van der Waals surface area contributed by atoms with Crippen molar-refractivity contribution in [2.45, 2.75) is 6.92 Å². The summed E-state index contributed by atoms with van der Waals surface area (Å²) >= 11 is 7.92. The molecule has 2 nitrogen and oxygen atoms in total. The van der Waals surface area contributed by atoms with Gasteiger partial charge in [-0.3, -0.25) is 4.79 Å². The first kappa shape index (κ1) is 9.80. The number of halogens is 2. The fourth-order valence-corrected chi connectivity index (χ4v) is 2.02. The van der Waals surface area contributed by atoms with Gasteiger partial charge in [0.25, 0.3) is 5.91 Å². The lowest BCUT2D eigenvalue weighted by atomic mass is 10.1. The highest BCUT2D eigenvalue weighted by Crippen LogP contribution is 2.24. The Hall–Kier alpha value is -0.290. The lowest BCUT2D eigenvalue weighted by Gasteiger charge is -2.04. The van der Waals surface area contributed by atoms with E-state index in [0.29, 0.717) is 10.6 Å². The second-order valence-electron chi connectivity index (χ2n) is 2.42. The highest BCUT2D eigenvalue weighted by atomic mass is 127. The summed E-state index contributed by atoms with van der Waals surface area (Å²) in [7, 11) is 0. The van der Waals surface area contributed by atoms with Crippen LogP contribution in [0.5, 0.6) is 0 Å². The summed E-state index contributed by atoms with van der Waals surface area (Å²) in [6.45, 7) is 1.84. The van der Waals surface area contributed by atoms with E-state index in [-0.39, 0.29) is 0 Å². The summed E-state index contributed by atoms with van der Waals surface area (Å²) in [5.74, 6) is -0.479. The van der Waals surface area contributed by atoms with Gasteiger partial charge < -0.3 is 5.73 Å². The van der Waals surface area contributed by atoms with E-state index in [2.05, 4.69) is 0 Å². The quantitative estimate of drug-likeness (QED) is 0.794. The summed E-state index contributed by atoms with van der Waals surface area (Å²) in [6.07, 6.45) is 0. The van der Waals surface area contributed by atoms with E-state index in [9.17, 15) is 4.79 Å². The van der Waals surface area contributed by atoms with Gasteiger partial charge in [0.05, 0.1) is 10.6 Å². The van der Waals surface area contributed by atoms with Gasteiger partial charge >= 0.3 is 0 Å². The minimum atomic E-state index is -0.479. The molecule has 1 aromatic rings. The van der Waals surface area contributed by atoms with Crippen LogP contribution in [0.25, 0.3) is 0 Å². The summed E-state index contributed by atoms with van der Waals surface area (Å²) in [5, 5.41) is 0.453. The lowest BCUT2D eigenvalue weighted by Crippen LogP contribution is -2.13. The molecule has 2 N–H and O–H groups in total. The van der Waals surface area contributed by atoms with Crippen LogP contribution >= 0.6 is 34.2 Å². The summed E-state index contributed by atoms with van der Waals surface area (Å²) < 4.78 is 0.788. The monoisotopic (exact) mass is 295 g/mol. The van der Waals surface area contributed by atoms with Crippen LogP contribution in [0, 0.1) is 10.5 Å². The first-order chi connectivity index (χ1) is 5.54. The fraction of sp³-hybridized carbons (Fsp3) is 0.125. The Morgan fingerprint density at radius 1 is 1.58 bits per heavy atom. The molecule has 0 aliphatic carbocycles. The molecule has 0 aromatic heterocycles. The van der Waals surface area contributed by atoms with Crippen molar-refractivity contribution in [1.82, 2.24) is 0 Å². The summed E-state index contributed by atoms with van der Waals surface area (Å²) in [6, 6.07) is 3.68. The Morgan fingerprint density at radius 2 is 2.17 bits per heavy atom. The van der Waals surface area contributed by atoms with Crippen molar-refractivity contribution < 1.29 is 4.79 Å². The van der Waals surface area contributed by atoms with Gasteiger partial charge in [-0.05, 0) is 41.1 Å². The second kappa shape index (κ2) is 3.62.